The summed E-state index contributed by atoms with van der Waals surface area (Å²) in [4.78, 5) is 0. The van der Waals surface area contributed by atoms with E-state index in [1.54, 1.807) is 0 Å². The van der Waals surface area contributed by atoms with Gasteiger partial charge in [-0.15, -0.1) is 23.2 Å². The van der Waals surface area contributed by atoms with Crippen molar-refractivity contribution in [1.29, 1.82) is 0 Å². The van der Waals surface area contributed by atoms with Crippen LogP contribution in [0, 0.1) is 5.92 Å². The van der Waals surface area contributed by atoms with E-state index >= 15 is 0 Å². The molecule has 3 atom stereocenters. The lowest BCUT2D eigenvalue weighted by atomic mass is 9.98. The molecule has 3 unspecified atom stereocenters. The van der Waals surface area contributed by atoms with Gasteiger partial charge in [-0.2, -0.15) is 0 Å². The van der Waals surface area contributed by atoms with E-state index in [4.69, 9.17) is 23.2 Å². The lowest BCUT2D eigenvalue weighted by molar-refractivity contribution is 0.0353. The first kappa shape index (κ1) is 11.5. The molecule has 0 spiro atoms. The van der Waals surface area contributed by atoms with Crippen molar-refractivity contribution in [1.82, 2.24) is 0 Å². The van der Waals surface area contributed by atoms with Crippen LogP contribution in [0.5, 0.6) is 0 Å². The third kappa shape index (κ3) is 4.89. The molecule has 11 heavy (non-hydrogen) atoms. The second-order valence-electron chi connectivity index (χ2n) is 2.91. The van der Waals surface area contributed by atoms with Gasteiger partial charge in [0.05, 0.1) is 6.10 Å². The minimum Gasteiger partial charge on any atom is -0.233 e. The van der Waals surface area contributed by atoms with Gasteiger partial charge in [-0.3, -0.25) is 0 Å². The Hall–Kier alpha value is 0.540. The highest BCUT2D eigenvalue weighted by atomic mass is 35.5. The molecule has 0 fully saturated rings. The molecule has 0 heterocycles. The highest BCUT2D eigenvalue weighted by Crippen LogP contribution is 2.16. The molecule has 0 rings (SSSR count). The van der Waals surface area contributed by atoms with Crippen molar-refractivity contribution < 1.29 is 5.11 Å². The van der Waals surface area contributed by atoms with Crippen molar-refractivity contribution in [2.75, 3.05) is 5.88 Å². The van der Waals surface area contributed by atoms with E-state index in [1.807, 2.05) is 13.8 Å². The highest BCUT2D eigenvalue weighted by Gasteiger charge is 2.17. The van der Waals surface area contributed by atoms with Crippen molar-refractivity contribution in [3.05, 3.63) is 0 Å². The molecule has 0 aromatic carbocycles. The number of halogens is 2. The first-order chi connectivity index (χ1) is 5.11. The SMILES string of the molecule is CCC(C)C([O])CC(Cl)CCl. The molecule has 0 aliphatic heterocycles. The molecule has 0 N–H and O–H groups in total. The maximum Gasteiger partial charge on any atom is 0.0969 e. The second kappa shape index (κ2) is 6.10. The van der Waals surface area contributed by atoms with Gasteiger partial charge in [-0.05, 0) is 12.3 Å². The van der Waals surface area contributed by atoms with E-state index in [2.05, 4.69) is 0 Å². The van der Waals surface area contributed by atoms with E-state index in [9.17, 15) is 5.11 Å². The summed E-state index contributed by atoms with van der Waals surface area (Å²) < 4.78 is 0. The van der Waals surface area contributed by atoms with Crippen LogP contribution >= 0.6 is 23.2 Å². The summed E-state index contributed by atoms with van der Waals surface area (Å²) >= 11 is 11.2. The largest absolute Gasteiger partial charge is 0.233 e. The number of hydrogen-bond acceptors (Lipinski definition) is 0. The van der Waals surface area contributed by atoms with E-state index in [0.29, 0.717) is 12.3 Å². The maximum absolute atomic E-state index is 11.3. The molecule has 0 bridgehead atoms. The lowest BCUT2D eigenvalue weighted by Gasteiger charge is -2.16. The highest BCUT2D eigenvalue weighted by molar-refractivity contribution is 6.28. The van der Waals surface area contributed by atoms with Gasteiger partial charge in [-0.1, -0.05) is 20.3 Å². The Bertz CT molecular complexity index is 98.1. The third-order valence-electron chi connectivity index (χ3n) is 1.93. The molecule has 0 aromatic rings. The summed E-state index contributed by atoms with van der Waals surface area (Å²) in [5.74, 6) is 0.580. The molecule has 3 heteroatoms. The molecule has 0 aliphatic carbocycles. The van der Waals surface area contributed by atoms with Crippen LogP contribution < -0.4 is 0 Å². The van der Waals surface area contributed by atoms with Gasteiger partial charge in [0.1, 0.15) is 0 Å². The summed E-state index contributed by atoms with van der Waals surface area (Å²) in [5.41, 5.74) is 0. The van der Waals surface area contributed by atoms with Crippen LogP contribution in [-0.2, 0) is 5.11 Å². The number of alkyl halides is 2. The summed E-state index contributed by atoms with van der Waals surface area (Å²) in [6.07, 6.45) is 0.849. The topological polar surface area (TPSA) is 19.9 Å². The number of hydrogen-bond donors (Lipinski definition) is 0. The molecule has 1 radical (unpaired) electrons. The summed E-state index contributed by atoms with van der Waals surface area (Å²) in [5, 5.41) is 11.1. The van der Waals surface area contributed by atoms with Crippen molar-refractivity contribution in [3.63, 3.8) is 0 Å². The molecule has 0 aromatic heterocycles. The predicted molar refractivity (Wildman–Crippen MR) is 48.9 cm³/mol. The van der Waals surface area contributed by atoms with Crippen LogP contribution in [-0.4, -0.2) is 17.4 Å². The number of rotatable bonds is 5. The summed E-state index contributed by atoms with van der Waals surface area (Å²) in [6, 6.07) is 0. The van der Waals surface area contributed by atoms with E-state index < -0.39 is 6.10 Å². The standard InChI is InChI=1S/C8H15Cl2O/c1-3-6(2)8(11)4-7(10)5-9/h6-8H,3-5H2,1-2H3. The average Bonchev–Trinajstić information content (AvgIpc) is 2.02. The van der Waals surface area contributed by atoms with Crippen molar-refractivity contribution in [2.24, 2.45) is 5.92 Å². The van der Waals surface area contributed by atoms with Gasteiger partial charge in [0.25, 0.3) is 0 Å². The molecular formula is C8H15Cl2O. The van der Waals surface area contributed by atoms with E-state index in [0.717, 1.165) is 6.42 Å². The Morgan fingerprint density at radius 1 is 1.45 bits per heavy atom. The molecular weight excluding hydrogens is 183 g/mol. The van der Waals surface area contributed by atoms with E-state index in [-0.39, 0.29) is 11.3 Å². The Kier molecular flexibility index (Phi) is 6.40. The lowest BCUT2D eigenvalue weighted by Crippen LogP contribution is -2.20. The van der Waals surface area contributed by atoms with Crippen LogP contribution in [0.15, 0.2) is 0 Å². The fourth-order valence-electron chi connectivity index (χ4n) is 0.810. The minimum absolute atomic E-state index is 0.159. The minimum atomic E-state index is -0.554. The fourth-order valence-corrected chi connectivity index (χ4v) is 1.11. The maximum atomic E-state index is 11.3. The Balaban J connectivity index is 3.58. The van der Waals surface area contributed by atoms with Crippen LogP contribution in [0.25, 0.3) is 0 Å². The average molecular weight is 198 g/mol. The van der Waals surface area contributed by atoms with Crippen LogP contribution in [0.2, 0.25) is 0 Å². The third-order valence-corrected chi connectivity index (χ3v) is 2.80. The molecule has 0 aliphatic rings. The van der Waals surface area contributed by atoms with Gasteiger partial charge in [0.2, 0.25) is 0 Å². The zero-order valence-electron chi connectivity index (χ0n) is 7.02. The normalized spacial score (nSPS) is 19.4. The first-order valence-corrected chi connectivity index (χ1v) is 4.94. The molecule has 1 nitrogen and oxygen atoms in total. The smallest absolute Gasteiger partial charge is 0.0969 e. The Morgan fingerprint density at radius 3 is 2.36 bits per heavy atom. The molecule has 0 saturated carbocycles. The van der Waals surface area contributed by atoms with Crippen molar-refractivity contribution in [3.8, 4) is 0 Å². The Morgan fingerprint density at radius 2 is 2.00 bits per heavy atom. The van der Waals surface area contributed by atoms with Gasteiger partial charge in [-0.25, -0.2) is 5.11 Å². The zero-order valence-corrected chi connectivity index (χ0v) is 8.53. The summed E-state index contributed by atoms with van der Waals surface area (Å²) in [7, 11) is 0. The first-order valence-electron chi connectivity index (χ1n) is 3.97. The molecule has 0 amide bonds. The zero-order chi connectivity index (χ0) is 8.85. The summed E-state index contributed by atoms with van der Waals surface area (Å²) in [6.45, 7) is 3.97. The van der Waals surface area contributed by atoms with Gasteiger partial charge in [0.15, 0.2) is 0 Å². The molecule has 67 valence electrons. The predicted octanol–water partition coefficient (Wildman–Crippen LogP) is 3.07. The Labute approximate surface area is 78.7 Å². The molecule has 0 saturated heterocycles. The second-order valence-corrected chi connectivity index (χ2v) is 3.84. The van der Waals surface area contributed by atoms with Crippen molar-refractivity contribution in [2.45, 2.75) is 38.2 Å². The van der Waals surface area contributed by atoms with Crippen molar-refractivity contribution >= 4 is 23.2 Å². The van der Waals surface area contributed by atoms with Crippen LogP contribution in [0.1, 0.15) is 26.7 Å². The fraction of sp³-hybridized carbons (Fsp3) is 1.00. The van der Waals surface area contributed by atoms with Crippen LogP contribution in [0.3, 0.4) is 0 Å². The van der Waals surface area contributed by atoms with Gasteiger partial charge < -0.3 is 0 Å². The van der Waals surface area contributed by atoms with E-state index in [1.165, 1.54) is 0 Å². The monoisotopic (exact) mass is 197 g/mol. The van der Waals surface area contributed by atoms with Crippen LogP contribution in [0.4, 0.5) is 0 Å². The quantitative estimate of drug-likeness (QED) is 0.605. The van der Waals surface area contributed by atoms with Gasteiger partial charge >= 0.3 is 0 Å². The van der Waals surface area contributed by atoms with Gasteiger partial charge in [0, 0.05) is 11.3 Å².